The van der Waals surface area contributed by atoms with Gasteiger partial charge in [0.25, 0.3) is 0 Å². The van der Waals surface area contributed by atoms with Crippen LogP contribution in [0.15, 0.2) is 255 Å². The van der Waals surface area contributed by atoms with E-state index in [1.165, 1.54) is 164 Å². The van der Waals surface area contributed by atoms with Crippen molar-refractivity contribution in [3.8, 4) is 55.6 Å². The van der Waals surface area contributed by atoms with E-state index >= 15 is 0 Å². The second-order valence-corrected chi connectivity index (χ2v) is 21.1. The number of fused-ring (bicyclic) bond motifs is 12. The number of rotatable bonds is 7. The van der Waals surface area contributed by atoms with Crippen LogP contribution in [0.3, 0.4) is 0 Å². The number of aromatic nitrogens is 2. The molecule has 2 nitrogen and oxygen atoms in total. The molecule has 0 aliphatic heterocycles. The van der Waals surface area contributed by atoms with Gasteiger partial charge in [-0.15, -0.1) is 0 Å². The van der Waals surface area contributed by atoms with Crippen molar-refractivity contribution >= 4 is 108 Å². The quantitative estimate of drug-likeness (QED) is 0.141. The van der Waals surface area contributed by atoms with Crippen LogP contribution < -0.4 is 0 Å². The average Bonchev–Trinajstić information content (AvgIpc) is 4.07. The maximum absolute atomic E-state index is 2.52. The first kappa shape index (κ1) is 44.5. The summed E-state index contributed by atoms with van der Waals surface area (Å²) >= 11 is 0. The molecule has 2 aromatic heterocycles. The number of nitrogens with zero attached hydrogens (tertiary/aromatic N) is 2. The molecule has 0 N–H and O–H groups in total. The lowest BCUT2D eigenvalue weighted by Crippen LogP contribution is -1.95. The van der Waals surface area contributed by atoms with Crippen LogP contribution in [0, 0.1) is 0 Å². The van der Waals surface area contributed by atoms with Gasteiger partial charge in [-0.2, -0.15) is 0 Å². The summed E-state index contributed by atoms with van der Waals surface area (Å²) in [4.78, 5) is 0. The molecule has 0 atom stereocenters. The van der Waals surface area contributed by atoms with E-state index in [0.717, 1.165) is 13.1 Å². The molecule has 366 valence electrons. The fourth-order valence-corrected chi connectivity index (χ4v) is 13.9. The highest BCUT2D eigenvalue weighted by Gasteiger charge is 2.24. The lowest BCUT2D eigenvalue weighted by Gasteiger charge is -2.22. The summed E-state index contributed by atoms with van der Waals surface area (Å²) in [5, 5.41) is 20.0. The van der Waals surface area contributed by atoms with E-state index < -0.39 is 0 Å². The molecule has 16 aromatic rings. The first-order valence-electron chi connectivity index (χ1n) is 27.6. The van der Waals surface area contributed by atoms with E-state index in [1.807, 2.05) is 0 Å². The van der Waals surface area contributed by atoms with Gasteiger partial charge < -0.3 is 9.13 Å². The van der Waals surface area contributed by atoms with Crippen LogP contribution in [0.4, 0.5) is 0 Å². The highest BCUT2D eigenvalue weighted by atomic mass is 15.0. The zero-order chi connectivity index (χ0) is 51.6. The van der Waals surface area contributed by atoms with Crippen LogP contribution in [0.1, 0.15) is 13.8 Å². The summed E-state index contributed by atoms with van der Waals surface area (Å²) in [6.07, 6.45) is 0. The second-order valence-electron chi connectivity index (χ2n) is 21.1. The van der Waals surface area contributed by atoms with Gasteiger partial charge in [-0.3, -0.25) is 0 Å². The summed E-state index contributed by atoms with van der Waals surface area (Å²) < 4.78 is 4.96. The molecule has 0 fully saturated rings. The normalized spacial score (nSPS) is 12.1. The van der Waals surface area contributed by atoms with Crippen molar-refractivity contribution < 1.29 is 0 Å². The van der Waals surface area contributed by atoms with Crippen LogP contribution in [-0.4, -0.2) is 9.13 Å². The molecule has 16 rings (SSSR count). The Morgan fingerprint density at radius 3 is 0.923 bits per heavy atom. The Kier molecular flexibility index (Phi) is 9.93. The molecule has 0 amide bonds. The number of para-hydroxylation sites is 2. The third-order valence-electron chi connectivity index (χ3n) is 17.3. The van der Waals surface area contributed by atoms with Crippen molar-refractivity contribution in [1.29, 1.82) is 0 Å². The number of hydrogen-bond acceptors (Lipinski definition) is 0. The van der Waals surface area contributed by atoms with E-state index in [4.69, 9.17) is 0 Å². The minimum Gasteiger partial charge on any atom is -0.341 e. The molecule has 0 radical (unpaired) electrons. The van der Waals surface area contributed by atoms with E-state index in [-0.39, 0.29) is 0 Å². The first-order chi connectivity index (χ1) is 38.6. The molecule has 0 aliphatic carbocycles. The SMILES string of the molecule is CCn1c2ccccc2c2ccc(-c3cccc4c(-c5c6cccc(-c7cccc8ccccc78)c6cc6c(-c7cccc8ccccc78)cccc56)c5cccc(-c6ccc7c8ccccc8n(CC)c7c6)c5cc34)cc21. The topological polar surface area (TPSA) is 9.86 Å². The zero-order valence-electron chi connectivity index (χ0n) is 43.6. The Labute approximate surface area is 452 Å². The van der Waals surface area contributed by atoms with Crippen LogP contribution >= 0.6 is 0 Å². The minimum absolute atomic E-state index is 0.887. The van der Waals surface area contributed by atoms with Crippen LogP contribution in [0.2, 0.25) is 0 Å². The largest absolute Gasteiger partial charge is 0.341 e. The average molecular weight is 993 g/mol. The van der Waals surface area contributed by atoms with Gasteiger partial charge in [0.1, 0.15) is 0 Å². The highest BCUT2D eigenvalue weighted by Crippen LogP contribution is 2.51. The lowest BCUT2D eigenvalue weighted by molar-refractivity contribution is 0.827. The number of aryl methyl sites for hydroxylation is 2. The maximum Gasteiger partial charge on any atom is 0.0497 e. The van der Waals surface area contributed by atoms with Gasteiger partial charge in [-0.25, -0.2) is 0 Å². The molecule has 2 heterocycles. The van der Waals surface area contributed by atoms with E-state index in [0.29, 0.717) is 0 Å². The van der Waals surface area contributed by atoms with Crippen LogP contribution in [0.25, 0.3) is 164 Å². The monoisotopic (exact) mass is 992 g/mol. The van der Waals surface area contributed by atoms with Crippen molar-refractivity contribution in [3.05, 3.63) is 255 Å². The molecular formula is C76H52N2. The van der Waals surface area contributed by atoms with Gasteiger partial charge in [0.2, 0.25) is 0 Å². The maximum atomic E-state index is 2.52. The number of benzene rings is 14. The van der Waals surface area contributed by atoms with Crippen molar-refractivity contribution in [1.82, 2.24) is 9.13 Å². The molecular weight excluding hydrogens is 941 g/mol. The van der Waals surface area contributed by atoms with Crippen LogP contribution in [-0.2, 0) is 13.1 Å². The smallest absolute Gasteiger partial charge is 0.0497 e. The Hall–Kier alpha value is -9.76. The predicted octanol–water partition coefficient (Wildman–Crippen LogP) is 21.2. The molecule has 0 unspecified atom stereocenters. The van der Waals surface area contributed by atoms with Gasteiger partial charge in [0, 0.05) is 56.7 Å². The van der Waals surface area contributed by atoms with Crippen molar-refractivity contribution in [2.45, 2.75) is 26.9 Å². The van der Waals surface area contributed by atoms with Crippen LogP contribution in [0.5, 0.6) is 0 Å². The Morgan fingerprint density at radius 2 is 0.513 bits per heavy atom. The number of hydrogen-bond donors (Lipinski definition) is 0. The standard InChI is InChI=1S/C76H52N2/c1-3-77-71-37-11-9-25-59(71)61-41-39-49(43-73(61)77)53-27-15-33-63-67(53)45-68-54(50-40-42-62-60-26-10-12-38-72(60)78(4-2)74(62)44-50)28-16-34-64(68)75(63)76-65-35-17-31-57(55-29-13-21-47-19-5-7-23-51(47)55)69(65)46-70-58(32-18-36-66(70)76)56-30-14-22-48-20-6-8-24-52(48)56/h5-46H,3-4H2,1-2H3. The highest BCUT2D eigenvalue weighted by molar-refractivity contribution is 6.29. The fourth-order valence-electron chi connectivity index (χ4n) is 13.9. The molecule has 0 aliphatic rings. The van der Waals surface area contributed by atoms with E-state index in [2.05, 4.69) is 278 Å². The molecule has 2 heteroatoms. The Morgan fingerprint density at radius 1 is 0.218 bits per heavy atom. The van der Waals surface area contributed by atoms with E-state index in [1.54, 1.807) is 0 Å². The van der Waals surface area contributed by atoms with Gasteiger partial charge in [-0.05, 0) is 171 Å². The minimum atomic E-state index is 0.887. The molecule has 0 bridgehead atoms. The molecule has 14 aromatic carbocycles. The summed E-state index contributed by atoms with van der Waals surface area (Å²) in [6.45, 7) is 6.30. The van der Waals surface area contributed by atoms with Crippen molar-refractivity contribution in [2.75, 3.05) is 0 Å². The predicted molar refractivity (Wildman–Crippen MR) is 336 cm³/mol. The second kappa shape index (κ2) is 17.4. The molecule has 78 heavy (non-hydrogen) atoms. The summed E-state index contributed by atoms with van der Waals surface area (Å²) in [7, 11) is 0. The summed E-state index contributed by atoms with van der Waals surface area (Å²) in [6, 6.07) is 96.4. The van der Waals surface area contributed by atoms with Gasteiger partial charge >= 0.3 is 0 Å². The van der Waals surface area contributed by atoms with E-state index in [9.17, 15) is 0 Å². The lowest BCUT2D eigenvalue weighted by atomic mass is 9.81. The first-order valence-corrected chi connectivity index (χ1v) is 27.6. The third kappa shape index (κ3) is 6.50. The molecule has 0 spiro atoms. The van der Waals surface area contributed by atoms with Gasteiger partial charge in [0.15, 0.2) is 0 Å². The molecule has 0 saturated carbocycles. The molecule has 0 saturated heterocycles. The third-order valence-corrected chi connectivity index (χ3v) is 17.3. The van der Waals surface area contributed by atoms with Crippen molar-refractivity contribution in [2.24, 2.45) is 0 Å². The summed E-state index contributed by atoms with van der Waals surface area (Å²) in [5.41, 5.74) is 17.4. The zero-order valence-corrected chi connectivity index (χ0v) is 43.6. The Bertz CT molecular complexity index is 4850. The van der Waals surface area contributed by atoms with Gasteiger partial charge in [-0.1, -0.05) is 218 Å². The van der Waals surface area contributed by atoms with Gasteiger partial charge in [0.05, 0.1) is 0 Å². The Balaban J connectivity index is 1.07. The summed E-state index contributed by atoms with van der Waals surface area (Å²) in [5.74, 6) is 0. The van der Waals surface area contributed by atoms with Crippen molar-refractivity contribution in [3.63, 3.8) is 0 Å². The fraction of sp³-hybridized carbons (Fsp3) is 0.0526.